The first-order valence-corrected chi connectivity index (χ1v) is 7.80. The van der Waals surface area contributed by atoms with Crippen LogP contribution in [0.4, 0.5) is 4.39 Å². The summed E-state index contributed by atoms with van der Waals surface area (Å²) in [5.41, 5.74) is 0.370. The van der Waals surface area contributed by atoms with E-state index in [0.29, 0.717) is 30.2 Å². The molecule has 0 saturated carbocycles. The number of carbonyl (C=O) groups excluding carboxylic acids is 1. The summed E-state index contributed by atoms with van der Waals surface area (Å²) < 4.78 is 24.7. The quantitative estimate of drug-likeness (QED) is 0.889. The van der Waals surface area contributed by atoms with Gasteiger partial charge in [0.1, 0.15) is 5.82 Å². The second kappa shape index (κ2) is 7.37. The first-order valence-electron chi connectivity index (χ1n) is 7.80. The Balaban J connectivity index is 1.49. The van der Waals surface area contributed by atoms with Crippen molar-refractivity contribution >= 4 is 5.91 Å². The van der Waals surface area contributed by atoms with Crippen LogP contribution in [0, 0.1) is 5.82 Å². The molecule has 1 aromatic carbocycles. The molecule has 1 aliphatic rings. The zero-order valence-corrected chi connectivity index (χ0v) is 12.8. The molecule has 1 atom stereocenters. The summed E-state index contributed by atoms with van der Waals surface area (Å²) in [6.45, 7) is 1.32. The number of nitrogens with zero attached hydrogens (tertiary/aromatic N) is 1. The van der Waals surface area contributed by atoms with Gasteiger partial charge < -0.3 is 14.5 Å². The molecule has 1 aromatic heterocycles. The molecule has 0 bridgehead atoms. The first-order chi connectivity index (χ1) is 11.2. The summed E-state index contributed by atoms with van der Waals surface area (Å²) in [6.07, 6.45) is 4.32. The molecule has 1 saturated heterocycles. The highest BCUT2D eigenvalue weighted by molar-refractivity contribution is 5.76. The molecular formula is C17H19FN2O3. The van der Waals surface area contributed by atoms with Crippen LogP contribution in [0.15, 0.2) is 34.9 Å². The zero-order chi connectivity index (χ0) is 16.1. The van der Waals surface area contributed by atoms with E-state index in [1.807, 2.05) is 0 Å². The van der Waals surface area contributed by atoms with E-state index in [0.717, 1.165) is 19.4 Å². The van der Waals surface area contributed by atoms with Crippen molar-refractivity contribution in [3.8, 4) is 11.3 Å². The summed E-state index contributed by atoms with van der Waals surface area (Å²) in [5, 5.41) is 2.85. The number of carbonyl (C=O) groups is 1. The SMILES string of the molecule is O=C(CCc1ncc(-c2ccccc2F)o1)NC[C@@H]1CCCO1. The van der Waals surface area contributed by atoms with Crippen LogP contribution in [0.5, 0.6) is 0 Å². The van der Waals surface area contributed by atoms with Crippen molar-refractivity contribution in [3.05, 3.63) is 42.2 Å². The lowest BCUT2D eigenvalue weighted by molar-refractivity contribution is -0.121. The van der Waals surface area contributed by atoms with Gasteiger partial charge in [0.2, 0.25) is 5.91 Å². The summed E-state index contributed by atoms with van der Waals surface area (Å²) in [4.78, 5) is 15.9. The van der Waals surface area contributed by atoms with Gasteiger partial charge in [-0.1, -0.05) is 12.1 Å². The van der Waals surface area contributed by atoms with Crippen LogP contribution in [0.25, 0.3) is 11.3 Å². The Morgan fingerprint density at radius 2 is 2.26 bits per heavy atom. The van der Waals surface area contributed by atoms with Crippen molar-refractivity contribution in [2.45, 2.75) is 31.8 Å². The van der Waals surface area contributed by atoms with Gasteiger partial charge in [-0.15, -0.1) is 0 Å². The lowest BCUT2D eigenvalue weighted by Gasteiger charge is -2.10. The summed E-state index contributed by atoms with van der Waals surface area (Å²) in [6, 6.07) is 6.36. The Bertz CT molecular complexity index is 665. The van der Waals surface area contributed by atoms with Gasteiger partial charge >= 0.3 is 0 Å². The fraction of sp³-hybridized carbons (Fsp3) is 0.412. The molecule has 0 aliphatic carbocycles. The average molecular weight is 318 g/mol. The molecule has 122 valence electrons. The van der Waals surface area contributed by atoms with E-state index in [-0.39, 0.29) is 24.2 Å². The topological polar surface area (TPSA) is 64.4 Å². The molecule has 0 spiro atoms. The number of oxazole rings is 1. The van der Waals surface area contributed by atoms with Crippen molar-refractivity contribution in [3.63, 3.8) is 0 Å². The van der Waals surface area contributed by atoms with Crippen LogP contribution in [0.3, 0.4) is 0 Å². The predicted octanol–water partition coefficient (Wildman–Crippen LogP) is 2.71. The van der Waals surface area contributed by atoms with Gasteiger partial charge in [0.05, 0.1) is 17.9 Å². The van der Waals surface area contributed by atoms with Crippen LogP contribution in [0.2, 0.25) is 0 Å². The van der Waals surface area contributed by atoms with E-state index in [1.54, 1.807) is 18.2 Å². The van der Waals surface area contributed by atoms with Crippen molar-refractivity contribution in [1.82, 2.24) is 10.3 Å². The third kappa shape index (κ3) is 4.16. The Morgan fingerprint density at radius 1 is 1.39 bits per heavy atom. The summed E-state index contributed by atoms with van der Waals surface area (Å²) in [5.74, 6) is 0.379. The molecule has 1 fully saturated rings. The number of aryl methyl sites for hydroxylation is 1. The molecular weight excluding hydrogens is 299 g/mol. The maximum atomic E-state index is 13.7. The fourth-order valence-electron chi connectivity index (χ4n) is 2.55. The van der Waals surface area contributed by atoms with Crippen molar-refractivity contribution in [2.75, 3.05) is 13.2 Å². The monoisotopic (exact) mass is 318 g/mol. The molecule has 0 radical (unpaired) electrons. The van der Waals surface area contributed by atoms with Crippen LogP contribution in [-0.4, -0.2) is 30.1 Å². The van der Waals surface area contributed by atoms with Gasteiger partial charge in [0.15, 0.2) is 11.7 Å². The number of aromatic nitrogens is 1. The molecule has 1 amide bonds. The smallest absolute Gasteiger partial charge is 0.220 e. The second-order valence-corrected chi connectivity index (χ2v) is 5.54. The highest BCUT2D eigenvalue weighted by Crippen LogP contribution is 2.23. The number of hydrogen-bond donors (Lipinski definition) is 1. The molecule has 1 N–H and O–H groups in total. The molecule has 0 unspecified atom stereocenters. The van der Waals surface area contributed by atoms with E-state index in [2.05, 4.69) is 10.3 Å². The maximum Gasteiger partial charge on any atom is 0.220 e. The van der Waals surface area contributed by atoms with E-state index in [9.17, 15) is 9.18 Å². The Labute approximate surface area is 133 Å². The number of amides is 1. The summed E-state index contributed by atoms with van der Waals surface area (Å²) >= 11 is 0. The van der Waals surface area contributed by atoms with Crippen LogP contribution in [0.1, 0.15) is 25.2 Å². The lowest BCUT2D eigenvalue weighted by Crippen LogP contribution is -2.31. The van der Waals surface area contributed by atoms with Gasteiger partial charge in [-0.3, -0.25) is 4.79 Å². The van der Waals surface area contributed by atoms with Crippen molar-refractivity contribution in [2.24, 2.45) is 0 Å². The number of ether oxygens (including phenoxy) is 1. The van der Waals surface area contributed by atoms with E-state index in [4.69, 9.17) is 9.15 Å². The molecule has 6 heteroatoms. The number of hydrogen-bond acceptors (Lipinski definition) is 4. The van der Waals surface area contributed by atoms with Crippen molar-refractivity contribution in [1.29, 1.82) is 0 Å². The molecule has 3 rings (SSSR count). The minimum atomic E-state index is -0.357. The Hall–Kier alpha value is -2.21. The third-order valence-corrected chi connectivity index (χ3v) is 3.81. The zero-order valence-electron chi connectivity index (χ0n) is 12.8. The number of rotatable bonds is 6. The molecule has 23 heavy (non-hydrogen) atoms. The van der Waals surface area contributed by atoms with E-state index < -0.39 is 0 Å². The normalized spacial score (nSPS) is 17.3. The minimum Gasteiger partial charge on any atom is -0.441 e. The minimum absolute atomic E-state index is 0.0638. The van der Waals surface area contributed by atoms with Crippen LogP contribution in [-0.2, 0) is 16.0 Å². The average Bonchev–Trinajstić information content (AvgIpc) is 3.23. The summed E-state index contributed by atoms with van der Waals surface area (Å²) in [7, 11) is 0. The van der Waals surface area contributed by atoms with Gasteiger partial charge in [-0.2, -0.15) is 0 Å². The number of nitrogens with one attached hydrogen (secondary N) is 1. The Morgan fingerprint density at radius 3 is 3.04 bits per heavy atom. The second-order valence-electron chi connectivity index (χ2n) is 5.54. The maximum absolute atomic E-state index is 13.7. The first kappa shape index (κ1) is 15.7. The third-order valence-electron chi connectivity index (χ3n) is 3.81. The van der Waals surface area contributed by atoms with Crippen LogP contribution >= 0.6 is 0 Å². The van der Waals surface area contributed by atoms with E-state index >= 15 is 0 Å². The van der Waals surface area contributed by atoms with Gasteiger partial charge in [-0.25, -0.2) is 9.37 Å². The highest BCUT2D eigenvalue weighted by atomic mass is 19.1. The fourth-order valence-corrected chi connectivity index (χ4v) is 2.55. The van der Waals surface area contributed by atoms with Crippen LogP contribution < -0.4 is 5.32 Å². The van der Waals surface area contributed by atoms with Gasteiger partial charge in [0.25, 0.3) is 0 Å². The lowest BCUT2D eigenvalue weighted by atomic mass is 10.2. The van der Waals surface area contributed by atoms with Gasteiger partial charge in [-0.05, 0) is 25.0 Å². The number of halogens is 1. The molecule has 2 aromatic rings. The Kier molecular flexibility index (Phi) is 5.02. The molecule has 2 heterocycles. The number of benzene rings is 1. The standard InChI is InChI=1S/C17H19FN2O3/c18-14-6-2-1-5-13(14)15-11-20-17(23-15)8-7-16(21)19-10-12-4-3-9-22-12/h1-2,5-6,11-12H,3-4,7-10H2,(H,19,21)/t12-/m0/s1. The molecule has 5 nitrogen and oxygen atoms in total. The molecule has 1 aliphatic heterocycles. The predicted molar refractivity (Wildman–Crippen MR) is 82.2 cm³/mol. The van der Waals surface area contributed by atoms with E-state index in [1.165, 1.54) is 12.3 Å². The largest absolute Gasteiger partial charge is 0.441 e. The van der Waals surface area contributed by atoms with Crippen molar-refractivity contribution < 1.29 is 18.3 Å². The highest BCUT2D eigenvalue weighted by Gasteiger charge is 2.16. The van der Waals surface area contributed by atoms with Gasteiger partial charge in [0, 0.05) is 26.0 Å².